The number of hydrogen-bond acceptors (Lipinski definition) is 0. The summed E-state index contributed by atoms with van der Waals surface area (Å²) in [5.41, 5.74) is 1.42. The molecule has 1 aromatic carbocycles. The minimum absolute atomic E-state index is 0.644. The van der Waals surface area contributed by atoms with E-state index >= 15 is 0 Å². The van der Waals surface area contributed by atoms with E-state index < -0.39 is 0 Å². The first-order valence-electron chi connectivity index (χ1n) is 8.89. The molecular weight excluding hydrogens is 254 g/mol. The molecule has 1 atom stereocenters. The summed E-state index contributed by atoms with van der Waals surface area (Å²) in [6.07, 6.45) is 14.7. The van der Waals surface area contributed by atoms with Gasteiger partial charge in [-0.3, -0.25) is 0 Å². The molecule has 0 spiro atoms. The predicted molar refractivity (Wildman–Crippen MR) is 93.9 cm³/mol. The van der Waals surface area contributed by atoms with Crippen molar-refractivity contribution < 1.29 is 0 Å². The third-order valence-corrected chi connectivity index (χ3v) is 4.62. The fraction of sp³-hybridized carbons (Fsp3) is 0.600. The van der Waals surface area contributed by atoms with Gasteiger partial charge in [-0.2, -0.15) is 0 Å². The smallest absolute Gasteiger partial charge is 0.0255 e. The number of benzene rings is 1. The van der Waals surface area contributed by atoms with E-state index in [2.05, 4.69) is 49.3 Å². The van der Waals surface area contributed by atoms with E-state index in [1.165, 1.54) is 74.3 Å². The Morgan fingerprint density at radius 1 is 0.905 bits per heavy atom. The van der Waals surface area contributed by atoms with Crippen LogP contribution in [0.5, 0.6) is 0 Å². The molecule has 0 saturated carbocycles. The molecule has 116 valence electrons. The lowest BCUT2D eigenvalue weighted by atomic mass is 9.96. The number of rotatable bonds is 10. The van der Waals surface area contributed by atoms with Crippen molar-refractivity contribution >= 4 is 10.8 Å². The Hall–Kier alpha value is -1.24. The summed E-state index contributed by atoms with van der Waals surface area (Å²) in [5, 5.41) is 2.75. The van der Waals surface area contributed by atoms with Crippen LogP contribution in [0.3, 0.4) is 0 Å². The zero-order valence-electron chi connectivity index (χ0n) is 13.8. The highest BCUT2D eigenvalue weighted by atomic mass is 14.7. The van der Waals surface area contributed by atoms with Crippen molar-refractivity contribution in [2.45, 2.75) is 77.6 Å². The van der Waals surface area contributed by atoms with Crippen LogP contribution in [0.1, 0.15) is 83.2 Å². The maximum absolute atomic E-state index is 3.49. The third-order valence-electron chi connectivity index (χ3n) is 4.62. The first-order chi connectivity index (χ1) is 10.3. The van der Waals surface area contributed by atoms with Crippen LogP contribution in [0, 0.1) is 0 Å². The Bertz CT molecular complexity index is 511. The molecule has 21 heavy (non-hydrogen) atoms. The Morgan fingerprint density at radius 3 is 2.33 bits per heavy atom. The number of aromatic nitrogens is 1. The van der Waals surface area contributed by atoms with Gasteiger partial charge in [0.25, 0.3) is 0 Å². The van der Waals surface area contributed by atoms with Crippen molar-refractivity contribution in [3.05, 3.63) is 36.2 Å². The lowest BCUT2D eigenvalue weighted by Crippen LogP contribution is -1.94. The monoisotopic (exact) mass is 285 g/mol. The molecule has 1 heteroatoms. The molecule has 0 aliphatic rings. The van der Waals surface area contributed by atoms with Crippen LogP contribution in [0.15, 0.2) is 30.5 Å². The fourth-order valence-electron chi connectivity index (χ4n) is 3.24. The van der Waals surface area contributed by atoms with Gasteiger partial charge < -0.3 is 4.98 Å². The van der Waals surface area contributed by atoms with Crippen LogP contribution in [0.25, 0.3) is 10.8 Å². The molecule has 0 amide bonds. The van der Waals surface area contributed by atoms with E-state index in [0.29, 0.717) is 5.92 Å². The van der Waals surface area contributed by atoms with Gasteiger partial charge >= 0.3 is 0 Å². The highest BCUT2D eigenvalue weighted by Gasteiger charge is 2.10. The summed E-state index contributed by atoms with van der Waals surface area (Å²) >= 11 is 0. The number of nitrogens with one attached hydrogen (secondary N) is 1. The molecule has 1 unspecified atom stereocenters. The standard InChI is InChI=1S/C20H31N/c1-3-4-5-6-7-8-9-10-13-17(2)20-19-15-12-11-14-18(19)16-21-20/h11-12,14-17,21H,3-10,13H2,1-2H3. The third kappa shape index (κ3) is 4.91. The lowest BCUT2D eigenvalue weighted by molar-refractivity contribution is 0.541. The van der Waals surface area contributed by atoms with Crippen LogP contribution in [0.4, 0.5) is 0 Å². The summed E-state index contributed by atoms with van der Waals surface area (Å²) in [7, 11) is 0. The fourth-order valence-corrected chi connectivity index (χ4v) is 3.24. The predicted octanol–water partition coefficient (Wildman–Crippen LogP) is 6.80. The molecule has 1 heterocycles. The molecule has 0 bridgehead atoms. The molecule has 0 saturated heterocycles. The number of fused-ring (bicyclic) bond motifs is 1. The van der Waals surface area contributed by atoms with Crippen molar-refractivity contribution in [2.24, 2.45) is 0 Å². The van der Waals surface area contributed by atoms with Gasteiger partial charge in [-0.15, -0.1) is 0 Å². The SMILES string of the molecule is CCCCCCCCCCC(C)c1[nH]cc2ccccc12. The van der Waals surface area contributed by atoms with Crippen molar-refractivity contribution in [3.8, 4) is 0 Å². The minimum Gasteiger partial charge on any atom is -0.364 e. The van der Waals surface area contributed by atoms with Gasteiger partial charge in [0.1, 0.15) is 0 Å². The average Bonchev–Trinajstić information content (AvgIpc) is 2.94. The first kappa shape index (κ1) is 16.1. The number of unbranched alkanes of at least 4 members (excludes halogenated alkanes) is 7. The van der Waals surface area contributed by atoms with Gasteiger partial charge in [0.05, 0.1) is 0 Å². The maximum Gasteiger partial charge on any atom is 0.0255 e. The molecular formula is C20H31N. The van der Waals surface area contributed by atoms with Gasteiger partial charge in [-0.25, -0.2) is 0 Å². The zero-order chi connectivity index (χ0) is 14.9. The van der Waals surface area contributed by atoms with E-state index in [-0.39, 0.29) is 0 Å². The topological polar surface area (TPSA) is 15.8 Å². The van der Waals surface area contributed by atoms with Crippen LogP contribution < -0.4 is 0 Å². The summed E-state index contributed by atoms with van der Waals surface area (Å²) in [6.45, 7) is 4.64. The molecule has 1 nitrogen and oxygen atoms in total. The Kier molecular flexibility index (Phi) is 6.85. The van der Waals surface area contributed by atoms with Crippen LogP contribution >= 0.6 is 0 Å². The van der Waals surface area contributed by atoms with E-state index in [4.69, 9.17) is 0 Å². The quantitative estimate of drug-likeness (QED) is 0.462. The van der Waals surface area contributed by atoms with E-state index in [9.17, 15) is 0 Å². The van der Waals surface area contributed by atoms with Crippen LogP contribution in [-0.4, -0.2) is 4.98 Å². The molecule has 0 fully saturated rings. The number of H-pyrrole nitrogens is 1. The molecule has 1 N–H and O–H groups in total. The highest BCUT2D eigenvalue weighted by molar-refractivity contribution is 5.85. The van der Waals surface area contributed by atoms with Gasteiger partial charge in [0.15, 0.2) is 0 Å². The molecule has 0 aliphatic heterocycles. The number of hydrogen-bond donors (Lipinski definition) is 1. The summed E-state index contributed by atoms with van der Waals surface area (Å²) < 4.78 is 0. The van der Waals surface area contributed by atoms with Gasteiger partial charge in [-0.05, 0) is 17.7 Å². The van der Waals surface area contributed by atoms with E-state index in [1.54, 1.807) is 0 Å². The van der Waals surface area contributed by atoms with Gasteiger partial charge in [-0.1, -0.05) is 89.5 Å². The Morgan fingerprint density at radius 2 is 1.57 bits per heavy atom. The molecule has 0 aliphatic carbocycles. The second kappa shape index (κ2) is 8.92. The largest absolute Gasteiger partial charge is 0.364 e. The molecule has 2 aromatic rings. The highest BCUT2D eigenvalue weighted by Crippen LogP contribution is 2.28. The van der Waals surface area contributed by atoms with E-state index in [0.717, 1.165) is 0 Å². The Balaban J connectivity index is 1.67. The van der Waals surface area contributed by atoms with Gasteiger partial charge in [0, 0.05) is 17.3 Å². The van der Waals surface area contributed by atoms with Crippen molar-refractivity contribution in [3.63, 3.8) is 0 Å². The summed E-state index contributed by atoms with van der Waals surface area (Å²) in [5.74, 6) is 0.644. The van der Waals surface area contributed by atoms with Crippen LogP contribution in [0.2, 0.25) is 0 Å². The van der Waals surface area contributed by atoms with E-state index in [1.807, 2.05) is 0 Å². The van der Waals surface area contributed by atoms with Crippen molar-refractivity contribution in [1.29, 1.82) is 0 Å². The number of aromatic amines is 1. The van der Waals surface area contributed by atoms with Crippen LogP contribution in [-0.2, 0) is 0 Å². The molecule has 0 radical (unpaired) electrons. The zero-order valence-corrected chi connectivity index (χ0v) is 13.8. The minimum atomic E-state index is 0.644. The van der Waals surface area contributed by atoms with Crippen molar-refractivity contribution in [1.82, 2.24) is 4.98 Å². The lowest BCUT2D eigenvalue weighted by Gasteiger charge is -2.10. The van der Waals surface area contributed by atoms with Gasteiger partial charge in [0.2, 0.25) is 0 Å². The normalized spacial score (nSPS) is 12.9. The average molecular weight is 285 g/mol. The molecule has 1 aromatic heterocycles. The Labute approximate surface area is 130 Å². The molecule has 2 rings (SSSR count). The first-order valence-corrected chi connectivity index (χ1v) is 8.89. The van der Waals surface area contributed by atoms with Crippen molar-refractivity contribution in [2.75, 3.05) is 0 Å². The summed E-state index contributed by atoms with van der Waals surface area (Å²) in [4.78, 5) is 3.49. The maximum atomic E-state index is 3.49. The second-order valence-corrected chi connectivity index (χ2v) is 6.45. The second-order valence-electron chi connectivity index (χ2n) is 6.45. The summed E-state index contributed by atoms with van der Waals surface area (Å²) in [6, 6.07) is 8.69.